The van der Waals surface area contributed by atoms with Crippen LogP contribution in [0.5, 0.6) is 11.6 Å². The highest BCUT2D eigenvalue weighted by molar-refractivity contribution is 7.86. The monoisotopic (exact) mass is 1000 g/mol. The summed E-state index contributed by atoms with van der Waals surface area (Å²) in [7, 11) is -9.12. The van der Waals surface area contributed by atoms with Crippen molar-refractivity contribution < 1.29 is 45.4 Å². The van der Waals surface area contributed by atoms with Crippen LogP contribution in [0.3, 0.4) is 0 Å². The largest absolute Gasteiger partial charge is 0.493 e. The lowest BCUT2D eigenvalue weighted by Crippen LogP contribution is -2.11. The van der Waals surface area contributed by atoms with E-state index in [0.29, 0.717) is 16.6 Å². The van der Waals surface area contributed by atoms with Gasteiger partial charge in [-0.25, -0.2) is 4.98 Å². The maximum absolute atomic E-state index is 13.2. The van der Waals surface area contributed by atoms with Gasteiger partial charge in [-0.1, -0.05) is 58.8 Å². The van der Waals surface area contributed by atoms with Crippen LogP contribution >= 0.6 is 34.5 Å². The van der Waals surface area contributed by atoms with E-state index < -0.39 is 48.6 Å². The number of nitriles is 1. The number of halogens is 2. The Morgan fingerprint density at radius 3 is 2.34 bits per heavy atom. The van der Waals surface area contributed by atoms with E-state index in [4.69, 9.17) is 33.7 Å². The number of aromatic nitrogens is 2. The van der Waals surface area contributed by atoms with Gasteiger partial charge < -0.3 is 20.9 Å². The number of thiophene rings is 1. The van der Waals surface area contributed by atoms with Gasteiger partial charge in [-0.05, 0) is 67.4 Å². The Hall–Kier alpha value is -7.24. The first-order chi connectivity index (χ1) is 31.7. The molecule has 0 saturated heterocycles. The van der Waals surface area contributed by atoms with Gasteiger partial charge in [-0.2, -0.15) is 22.1 Å². The number of azo groups is 3. The second kappa shape index (κ2) is 19.3. The highest BCUT2D eigenvalue weighted by Gasteiger charge is 2.26. The summed E-state index contributed by atoms with van der Waals surface area (Å²) in [5.74, 6) is -2.74. The fraction of sp³-hybridized carbons (Fsp3) is 0.122. The molecule has 0 aliphatic carbocycles. The molecule has 7 rings (SSSR count). The van der Waals surface area contributed by atoms with E-state index in [9.17, 15) is 45.9 Å². The number of imidazole rings is 1. The Morgan fingerprint density at radius 2 is 1.66 bits per heavy atom. The number of pyridine rings is 1. The van der Waals surface area contributed by atoms with Crippen LogP contribution in [0.2, 0.25) is 10.0 Å². The fourth-order valence-corrected chi connectivity index (χ4v) is 9.16. The average Bonchev–Trinajstić information content (AvgIpc) is 3.83. The molecule has 0 saturated carbocycles. The molecule has 3 aromatic heterocycles. The van der Waals surface area contributed by atoms with Crippen LogP contribution in [0.15, 0.2) is 114 Å². The van der Waals surface area contributed by atoms with E-state index in [-0.39, 0.29) is 95.2 Å². The molecule has 3 heterocycles. The van der Waals surface area contributed by atoms with Crippen LogP contribution in [0.25, 0.3) is 27.8 Å². The number of anilines is 1. The molecule has 0 aliphatic rings. The van der Waals surface area contributed by atoms with Gasteiger partial charge in [0.1, 0.15) is 38.7 Å². The number of ether oxygens (including phenoxy) is 1. The maximum Gasteiger partial charge on any atom is 0.296 e. The first-order valence-corrected chi connectivity index (χ1v) is 23.7. The van der Waals surface area contributed by atoms with Crippen LogP contribution in [0, 0.1) is 18.3 Å². The third-order valence-corrected chi connectivity index (χ3v) is 12.8. The molecule has 342 valence electrons. The molecule has 26 heteroatoms. The summed E-state index contributed by atoms with van der Waals surface area (Å²) < 4.78 is 73.1. The number of amides is 2. The number of aromatic hydroxyl groups is 1. The van der Waals surface area contributed by atoms with E-state index >= 15 is 0 Å². The van der Waals surface area contributed by atoms with Crippen molar-refractivity contribution in [3.8, 4) is 28.8 Å². The minimum atomic E-state index is -4.75. The average molecular weight is 1000 g/mol. The van der Waals surface area contributed by atoms with Crippen LogP contribution in [0.4, 0.5) is 38.4 Å². The molecule has 67 heavy (non-hydrogen) atoms. The number of hydrogen-bond acceptors (Lipinski definition) is 17. The lowest BCUT2D eigenvalue weighted by atomic mass is 10.0. The van der Waals surface area contributed by atoms with E-state index in [1.54, 1.807) is 42.5 Å². The Bertz CT molecular complexity index is 3550. The topological polar surface area (TPSA) is 326 Å². The molecule has 0 spiro atoms. The molecule has 6 N–H and O–H groups in total. The van der Waals surface area contributed by atoms with Gasteiger partial charge in [-0.3, -0.25) is 23.1 Å². The SMILES string of the molecule is CC(=O)Nc1cc(N=Nc2c(C)c(C#N)c3nc4ccccc4n3c2O)c(OCCCS(=O)(=O)O)cc1N=Nc1sc(N=Nc2ccc(Cl)c(S(=O)(=O)O)c2)c(-c2cccc(Cl)c2)c1C(N)=O. The number of carbonyl (C=O) groups excluding carboxylic acids is 2. The van der Waals surface area contributed by atoms with Crippen molar-refractivity contribution in [1.82, 2.24) is 9.38 Å². The zero-order valence-electron chi connectivity index (χ0n) is 34.4. The molecule has 0 radical (unpaired) electrons. The van der Waals surface area contributed by atoms with Crippen LogP contribution in [-0.4, -0.2) is 64.6 Å². The number of rotatable bonds is 15. The van der Waals surface area contributed by atoms with Gasteiger partial charge in [0.25, 0.3) is 26.1 Å². The Labute approximate surface area is 393 Å². The molecular weight excluding hydrogens is 974 g/mol. The van der Waals surface area contributed by atoms with Gasteiger partial charge >= 0.3 is 0 Å². The standard InChI is InChI=1S/C41H31Cl2N11O10S3/c1-20-25(19-44)38-47-27-9-3-4-10-31(27)54(38)41(57)36(20)51-50-30-17-28(46-21(2)55)29(18-32(30)64-13-6-14-66(58,59)60)49-53-40-35(37(45)56)34(22-7-5-8-23(42)15-22)39(65-40)52-48-24-11-12-26(43)33(16-24)67(61,62)63/h3-5,7-12,15-18,57H,6,13-14H2,1-2H3,(H2,45,56)(H,46,55)(H,58,59,60)(H,61,62,63). The minimum Gasteiger partial charge on any atom is -0.493 e. The first kappa shape index (κ1) is 47.7. The predicted molar refractivity (Wildman–Crippen MR) is 248 cm³/mol. The summed E-state index contributed by atoms with van der Waals surface area (Å²) in [6, 6.07) is 21.3. The summed E-state index contributed by atoms with van der Waals surface area (Å²) in [5.41, 5.74) is 7.26. The Morgan fingerprint density at radius 1 is 0.925 bits per heavy atom. The molecule has 2 amide bonds. The molecule has 0 bridgehead atoms. The van der Waals surface area contributed by atoms with Crippen LogP contribution < -0.4 is 15.8 Å². The number of nitrogens with two attached hydrogens (primary N) is 1. The normalized spacial score (nSPS) is 12.2. The number of fused-ring (bicyclic) bond motifs is 3. The van der Waals surface area contributed by atoms with Crippen molar-refractivity contribution in [3.63, 3.8) is 0 Å². The molecule has 0 fully saturated rings. The summed E-state index contributed by atoms with van der Waals surface area (Å²) >= 11 is 13.1. The zero-order chi connectivity index (χ0) is 48.4. The van der Waals surface area contributed by atoms with Crippen molar-refractivity contribution in [3.05, 3.63) is 106 Å². The molecule has 4 aromatic carbocycles. The number of nitrogens with zero attached hydrogens (tertiary/aromatic N) is 9. The van der Waals surface area contributed by atoms with Gasteiger partial charge in [-0.15, -0.1) is 30.7 Å². The fourth-order valence-electron chi connectivity index (χ4n) is 6.52. The number of carbonyl (C=O) groups is 2. The number of para-hydroxylation sites is 2. The quantitative estimate of drug-likeness (QED) is 0.0364. The number of benzene rings is 4. The second-order valence-electron chi connectivity index (χ2n) is 14.1. The molecule has 21 nitrogen and oxygen atoms in total. The second-order valence-corrected chi connectivity index (χ2v) is 18.9. The lowest BCUT2D eigenvalue weighted by Gasteiger charge is -2.13. The van der Waals surface area contributed by atoms with Crippen molar-refractivity contribution in [2.45, 2.75) is 25.2 Å². The smallest absolute Gasteiger partial charge is 0.296 e. The van der Waals surface area contributed by atoms with E-state index in [2.05, 4.69) is 47.1 Å². The van der Waals surface area contributed by atoms with Gasteiger partial charge in [0.05, 0.1) is 45.4 Å². The molecule has 0 atom stereocenters. The van der Waals surface area contributed by atoms with Gasteiger partial charge in [0.15, 0.2) is 16.3 Å². The molecule has 7 aromatic rings. The van der Waals surface area contributed by atoms with Crippen LogP contribution in [0.1, 0.15) is 34.8 Å². The van der Waals surface area contributed by atoms with Gasteiger partial charge in [0, 0.05) is 29.1 Å². The third-order valence-electron chi connectivity index (χ3n) is 9.43. The summed E-state index contributed by atoms with van der Waals surface area (Å²) in [6.45, 7) is 2.44. The number of hydrogen-bond donors (Lipinski definition) is 5. The van der Waals surface area contributed by atoms with E-state index in [1.165, 1.54) is 48.6 Å². The minimum absolute atomic E-state index is 0.0223. The summed E-state index contributed by atoms with van der Waals surface area (Å²) in [5, 5.41) is 49.8. The third kappa shape index (κ3) is 10.6. The lowest BCUT2D eigenvalue weighted by molar-refractivity contribution is -0.114. The highest BCUT2D eigenvalue weighted by atomic mass is 35.5. The van der Waals surface area contributed by atoms with E-state index in [0.717, 1.165) is 17.4 Å². The molecule has 0 aliphatic heterocycles. The van der Waals surface area contributed by atoms with Crippen molar-refractivity contribution in [2.75, 3.05) is 17.7 Å². The highest BCUT2D eigenvalue weighted by Crippen LogP contribution is 2.49. The maximum atomic E-state index is 13.2. The Kier molecular flexibility index (Phi) is 13.8. The Balaban J connectivity index is 1.37. The molecular formula is C41H31Cl2N11O10S3. The van der Waals surface area contributed by atoms with E-state index in [1.807, 2.05) is 0 Å². The van der Waals surface area contributed by atoms with Crippen molar-refractivity contribution in [1.29, 1.82) is 5.26 Å². The number of nitrogens with one attached hydrogen (secondary N) is 1. The van der Waals surface area contributed by atoms with Crippen molar-refractivity contribution in [2.24, 2.45) is 36.4 Å². The zero-order valence-corrected chi connectivity index (χ0v) is 38.4. The van der Waals surface area contributed by atoms with Gasteiger partial charge in [0.2, 0.25) is 11.8 Å². The van der Waals surface area contributed by atoms with Crippen LogP contribution in [-0.2, 0) is 25.0 Å². The summed E-state index contributed by atoms with van der Waals surface area (Å²) in [6.07, 6.45) is -0.191. The predicted octanol–water partition coefficient (Wildman–Crippen LogP) is 10.6. The van der Waals surface area contributed by atoms with Crippen molar-refractivity contribution >= 4 is 122 Å². The summed E-state index contributed by atoms with van der Waals surface area (Å²) in [4.78, 5) is 29.7. The molecule has 0 unspecified atom stereocenters. The number of primary amides is 1. The first-order valence-electron chi connectivity index (χ1n) is 19.0.